The van der Waals surface area contributed by atoms with Crippen molar-refractivity contribution in [1.82, 2.24) is 4.98 Å². The Kier molecular flexibility index (Phi) is 2.48. The molecule has 0 atom stereocenters. The molecule has 2 aromatic rings. The third-order valence-corrected chi connectivity index (χ3v) is 2.53. The highest BCUT2D eigenvalue weighted by molar-refractivity contribution is 6.40. The van der Waals surface area contributed by atoms with Crippen molar-refractivity contribution in [2.75, 3.05) is 11.9 Å². The van der Waals surface area contributed by atoms with Crippen molar-refractivity contribution >= 4 is 28.3 Å². The molecule has 1 aromatic carbocycles. The first-order chi connectivity index (χ1) is 7.61. The van der Waals surface area contributed by atoms with Gasteiger partial charge in [-0.25, -0.2) is 0 Å². The van der Waals surface area contributed by atoms with E-state index in [0.29, 0.717) is 0 Å². The van der Waals surface area contributed by atoms with Crippen LogP contribution in [0.5, 0.6) is 0 Å². The molecule has 0 aliphatic rings. The lowest BCUT2D eigenvalue weighted by Crippen LogP contribution is -2.31. The van der Waals surface area contributed by atoms with E-state index in [4.69, 9.17) is 0 Å². The number of likely N-dealkylation sites (N-methyl/N-ethyl adjacent to an activating group) is 1. The second-order valence-electron chi connectivity index (χ2n) is 3.64. The van der Waals surface area contributed by atoms with Crippen molar-refractivity contribution < 1.29 is 9.59 Å². The van der Waals surface area contributed by atoms with Gasteiger partial charge in [0.15, 0.2) is 0 Å². The van der Waals surface area contributed by atoms with Crippen LogP contribution in [-0.4, -0.2) is 23.7 Å². The fourth-order valence-corrected chi connectivity index (χ4v) is 1.68. The molecule has 0 saturated carbocycles. The molecule has 0 bridgehead atoms. The number of hydrogen-bond donors (Lipinski definition) is 1. The highest BCUT2D eigenvalue weighted by Crippen LogP contribution is 2.25. The van der Waals surface area contributed by atoms with Crippen LogP contribution in [0.4, 0.5) is 5.69 Å². The fourth-order valence-electron chi connectivity index (χ4n) is 1.68. The summed E-state index contributed by atoms with van der Waals surface area (Å²) in [5.74, 6) is -0.975. The van der Waals surface area contributed by atoms with Gasteiger partial charge >= 0.3 is 0 Å². The van der Waals surface area contributed by atoms with E-state index < -0.39 is 11.7 Å². The number of para-hydroxylation sites is 1. The van der Waals surface area contributed by atoms with Crippen molar-refractivity contribution in [2.45, 2.75) is 6.92 Å². The summed E-state index contributed by atoms with van der Waals surface area (Å²) in [6, 6.07) is 7.64. The van der Waals surface area contributed by atoms with E-state index in [2.05, 4.69) is 4.98 Å². The van der Waals surface area contributed by atoms with Gasteiger partial charge in [-0.3, -0.25) is 9.59 Å². The molecule has 1 heterocycles. The predicted molar refractivity (Wildman–Crippen MR) is 62.4 cm³/mol. The first-order valence-electron chi connectivity index (χ1n) is 4.96. The topological polar surface area (TPSA) is 53.2 Å². The number of hydrogen-bond acceptors (Lipinski definition) is 2. The average molecular weight is 216 g/mol. The molecule has 0 radical (unpaired) electrons. The summed E-state index contributed by atoms with van der Waals surface area (Å²) in [5.41, 5.74) is 1.66. The third kappa shape index (κ3) is 1.58. The summed E-state index contributed by atoms with van der Waals surface area (Å²) in [7, 11) is 1.60. The maximum atomic E-state index is 11.5. The zero-order valence-electron chi connectivity index (χ0n) is 9.15. The van der Waals surface area contributed by atoms with Gasteiger partial charge in [0.2, 0.25) is 5.78 Å². The molecule has 0 saturated heterocycles. The summed E-state index contributed by atoms with van der Waals surface area (Å²) < 4.78 is 0. The van der Waals surface area contributed by atoms with Gasteiger partial charge in [-0.15, -0.1) is 0 Å². The number of anilines is 1. The number of fused-ring (bicyclic) bond motifs is 1. The summed E-state index contributed by atoms with van der Waals surface area (Å²) in [6.07, 6.45) is 1.73. The normalized spacial score (nSPS) is 10.4. The number of aromatic nitrogens is 1. The van der Waals surface area contributed by atoms with Gasteiger partial charge in [-0.1, -0.05) is 18.2 Å². The summed E-state index contributed by atoms with van der Waals surface area (Å²) >= 11 is 0. The molecular weight excluding hydrogens is 204 g/mol. The Morgan fingerprint density at radius 1 is 1.25 bits per heavy atom. The second kappa shape index (κ2) is 3.81. The molecule has 0 spiro atoms. The zero-order valence-corrected chi connectivity index (χ0v) is 9.15. The number of aromatic amines is 1. The van der Waals surface area contributed by atoms with Gasteiger partial charge in [0.05, 0.1) is 5.69 Å². The highest BCUT2D eigenvalue weighted by Gasteiger charge is 2.17. The van der Waals surface area contributed by atoms with Gasteiger partial charge in [-0.2, -0.15) is 0 Å². The van der Waals surface area contributed by atoms with E-state index in [0.717, 1.165) is 16.6 Å². The first kappa shape index (κ1) is 10.4. The number of H-pyrrole nitrogens is 1. The number of nitrogens with one attached hydrogen (secondary N) is 1. The van der Waals surface area contributed by atoms with Crippen LogP contribution in [0.2, 0.25) is 0 Å². The molecule has 0 fully saturated rings. The Balaban J connectivity index is 2.48. The number of nitrogens with zero attached hydrogens (tertiary/aromatic N) is 1. The number of ketones is 1. The Bertz CT molecular complexity index is 557. The maximum Gasteiger partial charge on any atom is 0.293 e. The molecule has 0 aliphatic heterocycles. The van der Waals surface area contributed by atoms with Crippen molar-refractivity contribution in [1.29, 1.82) is 0 Å². The average Bonchev–Trinajstić information content (AvgIpc) is 2.70. The van der Waals surface area contributed by atoms with Gasteiger partial charge in [0, 0.05) is 31.1 Å². The summed E-state index contributed by atoms with van der Waals surface area (Å²) in [6.45, 7) is 1.27. The van der Waals surface area contributed by atoms with Crippen LogP contribution >= 0.6 is 0 Å². The minimum Gasteiger partial charge on any atom is -0.359 e. The van der Waals surface area contributed by atoms with Crippen LogP contribution < -0.4 is 4.90 Å². The van der Waals surface area contributed by atoms with E-state index in [9.17, 15) is 9.59 Å². The van der Waals surface area contributed by atoms with Crippen LogP contribution in [0.1, 0.15) is 6.92 Å². The monoisotopic (exact) mass is 216 g/mol. The maximum absolute atomic E-state index is 11.5. The van der Waals surface area contributed by atoms with Gasteiger partial charge < -0.3 is 9.88 Å². The van der Waals surface area contributed by atoms with Crippen LogP contribution in [0.15, 0.2) is 30.5 Å². The van der Waals surface area contributed by atoms with E-state index in [1.807, 2.05) is 24.3 Å². The standard InChI is InChI=1S/C12H12N2O2/c1-8(15)12(16)14(2)11-7-13-10-6-4-3-5-9(10)11/h3-7,13H,1-2H3. The van der Waals surface area contributed by atoms with Crippen molar-refractivity contribution in [3.63, 3.8) is 0 Å². The van der Waals surface area contributed by atoms with Gasteiger partial charge in [0.1, 0.15) is 0 Å². The van der Waals surface area contributed by atoms with Crippen LogP contribution in [-0.2, 0) is 9.59 Å². The SMILES string of the molecule is CC(=O)C(=O)N(C)c1c[nH]c2ccccc12. The fraction of sp³-hybridized carbons (Fsp3) is 0.167. The van der Waals surface area contributed by atoms with E-state index in [1.54, 1.807) is 13.2 Å². The lowest BCUT2D eigenvalue weighted by Gasteiger charge is -2.13. The summed E-state index contributed by atoms with van der Waals surface area (Å²) in [4.78, 5) is 27.0. The minimum absolute atomic E-state index is 0.465. The first-order valence-corrected chi connectivity index (χ1v) is 4.96. The molecule has 2 rings (SSSR count). The molecule has 0 aliphatic carbocycles. The van der Waals surface area contributed by atoms with Crippen LogP contribution in [0.25, 0.3) is 10.9 Å². The quantitative estimate of drug-likeness (QED) is 0.777. The Labute approximate surface area is 92.9 Å². The molecule has 1 aromatic heterocycles. The third-order valence-electron chi connectivity index (χ3n) is 2.53. The smallest absolute Gasteiger partial charge is 0.293 e. The van der Waals surface area contributed by atoms with E-state index >= 15 is 0 Å². The van der Waals surface area contributed by atoms with E-state index in [-0.39, 0.29) is 0 Å². The molecule has 4 nitrogen and oxygen atoms in total. The van der Waals surface area contributed by atoms with Crippen molar-refractivity contribution in [3.8, 4) is 0 Å². The van der Waals surface area contributed by atoms with E-state index in [1.165, 1.54) is 11.8 Å². The molecule has 4 heteroatoms. The van der Waals surface area contributed by atoms with Crippen LogP contribution in [0.3, 0.4) is 0 Å². The zero-order chi connectivity index (χ0) is 11.7. The molecule has 82 valence electrons. The lowest BCUT2D eigenvalue weighted by molar-refractivity contribution is -0.134. The summed E-state index contributed by atoms with van der Waals surface area (Å²) in [5, 5.41) is 0.930. The Morgan fingerprint density at radius 2 is 1.94 bits per heavy atom. The number of benzene rings is 1. The van der Waals surface area contributed by atoms with Gasteiger partial charge in [0.25, 0.3) is 5.91 Å². The highest BCUT2D eigenvalue weighted by atomic mass is 16.2. The molecule has 0 unspecified atom stereocenters. The number of rotatable bonds is 2. The Hall–Kier alpha value is -2.10. The van der Waals surface area contributed by atoms with Gasteiger partial charge in [-0.05, 0) is 6.07 Å². The minimum atomic E-state index is -0.509. The predicted octanol–water partition coefficient (Wildman–Crippen LogP) is 1.72. The van der Waals surface area contributed by atoms with Crippen LogP contribution in [0, 0.1) is 0 Å². The van der Waals surface area contributed by atoms with Crippen molar-refractivity contribution in [2.24, 2.45) is 0 Å². The molecule has 1 amide bonds. The molecular formula is C12H12N2O2. The number of amides is 1. The lowest BCUT2D eigenvalue weighted by atomic mass is 10.2. The molecule has 16 heavy (non-hydrogen) atoms. The Morgan fingerprint density at radius 3 is 2.62 bits per heavy atom. The number of carbonyl (C=O) groups excluding carboxylic acids is 2. The second-order valence-corrected chi connectivity index (χ2v) is 3.64. The number of Topliss-reactive ketones (excluding diaryl/α,β-unsaturated/α-hetero) is 1. The molecule has 1 N–H and O–H groups in total. The number of carbonyl (C=O) groups is 2. The largest absolute Gasteiger partial charge is 0.359 e. The van der Waals surface area contributed by atoms with Crippen molar-refractivity contribution in [3.05, 3.63) is 30.5 Å².